The van der Waals surface area contributed by atoms with Gasteiger partial charge in [-0.15, -0.1) is 0 Å². The van der Waals surface area contributed by atoms with E-state index in [0.29, 0.717) is 17.5 Å². The quantitative estimate of drug-likeness (QED) is 0.831. The first-order valence-electron chi connectivity index (χ1n) is 7.24. The number of hydrogen-bond donors (Lipinski definition) is 1. The van der Waals surface area contributed by atoms with Crippen LogP contribution in [0.4, 0.5) is 0 Å². The first kappa shape index (κ1) is 16.3. The van der Waals surface area contributed by atoms with Crippen molar-refractivity contribution in [2.75, 3.05) is 6.54 Å². The molecule has 1 N–H and O–H groups in total. The highest BCUT2D eigenvalue weighted by atomic mass is 35.5. The Morgan fingerprint density at radius 1 is 1.50 bits per heavy atom. The molecule has 1 amide bonds. The van der Waals surface area contributed by atoms with Crippen LogP contribution in [0.2, 0.25) is 5.02 Å². The van der Waals surface area contributed by atoms with E-state index in [1.807, 2.05) is 31.3 Å². The zero-order valence-electron chi connectivity index (χ0n) is 12.8. The maximum Gasteiger partial charge on any atom is 0.244 e. The number of nitrogens with zero attached hydrogens (tertiary/aromatic N) is 2. The fourth-order valence-electron chi connectivity index (χ4n) is 2.11. The summed E-state index contributed by atoms with van der Waals surface area (Å²) >= 11 is 5.90. The number of nitrogens with one attached hydrogen (secondary N) is 1. The predicted molar refractivity (Wildman–Crippen MR) is 89.6 cm³/mol. The molecule has 22 heavy (non-hydrogen) atoms. The second-order valence-corrected chi connectivity index (χ2v) is 5.80. The topological polar surface area (TPSA) is 46.9 Å². The van der Waals surface area contributed by atoms with Gasteiger partial charge in [0, 0.05) is 36.6 Å². The van der Waals surface area contributed by atoms with E-state index in [1.165, 1.54) is 6.08 Å². The van der Waals surface area contributed by atoms with Crippen LogP contribution in [0.25, 0.3) is 6.08 Å². The highest BCUT2D eigenvalue weighted by Gasteiger charge is 2.06. The van der Waals surface area contributed by atoms with Crippen LogP contribution in [0.5, 0.6) is 0 Å². The summed E-state index contributed by atoms with van der Waals surface area (Å²) in [5, 5.41) is 3.57. The van der Waals surface area contributed by atoms with E-state index < -0.39 is 0 Å². The molecular formula is C17H20ClN3O. The van der Waals surface area contributed by atoms with Crippen LogP contribution in [0.1, 0.15) is 18.3 Å². The van der Waals surface area contributed by atoms with E-state index in [9.17, 15) is 4.79 Å². The Balaban J connectivity index is 1.79. The summed E-state index contributed by atoms with van der Waals surface area (Å²) in [4.78, 5) is 16.0. The first-order chi connectivity index (χ1) is 10.5. The van der Waals surface area contributed by atoms with Crippen LogP contribution in [0.3, 0.4) is 0 Å². The van der Waals surface area contributed by atoms with Gasteiger partial charge >= 0.3 is 0 Å². The number of benzene rings is 1. The third kappa shape index (κ3) is 5.04. The number of carbonyl (C=O) groups is 1. The molecule has 0 fully saturated rings. The molecule has 1 unspecified atom stereocenters. The molecule has 0 saturated carbocycles. The molecule has 2 aromatic rings. The van der Waals surface area contributed by atoms with Gasteiger partial charge in [-0.3, -0.25) is 4.79 Å². The van der Waals surface area contributed by atoms with Crippen molar-refractivity contribution in [3.63, 3.8) is 0 Å². The van der Waals surface area contributed by atoms with Gasteiger partial charge in [0.2, 0.25) is 5.91 Å². The second-order valence-electron chi connectivity index (χ2n) is 5.37. The minimum Gasteiger partial charge on any atom is -0.352 e. The van der Waals surface area contributed by atoms with E-state index in [4.69, 9.17) is 11.6 Å². The number of amides is 1. The molecule has 1 heterocycles. The van der Waals surface area contributed by atoms with Crippen LogP contribution in [0, 0.1) is 12.8 Å². The van der Waals surface area contributed by atoms with Gasteiger partial charge in [-0.2, -0.15) is 0 Å². The molecule has 116 valence electrons. The van der Waals surface area contributed by atoms with Gasteiger partial charge in [-0.1, -0.05) is 30.7 Å². The molecule has 4 nitrogen and oxygen atoms in total. The summed E-state index contributed by atoms with van der Waals surface area (Å²) < 4.78 is 2.08. The fraction of sp³-hybridized carbons (Fsp3) is 0.294. The number of imidazole rings is 1. The monoisotopic (exact) mass is 317 g/mol. The summed E-state index contributed by atoms with van der Waals surface area (Å²) in [7, 11) is 0. The van der Waals surface area contributed by atoms with Crippen molar-refractivity contribution < 1.29 is 4.79 Å². The normalized spacial score (nSPS) is 12.5. The molecule has 0 aliphatic rings. The van der Waals surface area contributed by atoms with Gasteiger partial charge in [0.05, 0.1) is 0 Å². The molecule has 1 aromatic heterocycles. The van der Waals surface area contributed by atoms with Gasteiger partial charge in [-0.25, -0.2) is 4.98 Å². The zero-order chi connectivity index (χ0) is 15.9. The van der Waals surface area contributed by atoms with Gasteiger partial charge < -0.3 is 9.88 Å². The molecule has 5 heteroatoms. The van der Waals surface area contributed by atoms with Crippen molar-refractivity contribution in [3.8, 4) is 0 Å². The lowest BCUT2D eigenvalue weighted by molar-refractivity contribution is -0.116. The number of aryl methyl sites for hydroxylation is 1. The molecule has 0 spiro atoms. The summed E-state index contributed by atoms with van der Waals surface area (Å²) in [6.45, 7) is 5.53. The van der Waals surface area contributed by atoms with Crippen molar-refractivity contribution in [2.45, 2.75) is 20.4 Å². The lowest BCUT2D eigenvalue weighted by Crippen LogP contribution is -2.28. The number of carbonyl (C=O) groups excluding carboxylic acids is 1. The van der Waals surface area contributed by atoms with Crippen molar-refractivity contribution in [1.82, 2.24) is 14.9 Å². The number of halogens is 1. The van der Waals surface area contributed by atoms with Crippen molar-refractivity contribution in [3.05, 3.63) is 59.1 Å². The Kier molecular flexibility index (Phi) is 5.78. The summed E-state index contributed by atoms with van der Waals surface area (Å²) in [5.41, 5.74) is 0.907. The van der Waals surface area contributed by atoms with Crippen LogP contribution in [0.15, 0.2) is 42.7 Å². The summed E-state index contributed by atoms with van der Waals surface area (Å²) in [6.07, 6.45) is 7.02. The van der Waals surface area contributed by atoms with Gasteiger partial charge in [0.15, 0.2) is 0 Å². The Hall–Kier alpha value is -2.07. The highest BCUT2D eigenvalue weighted by Crippen LogP contribution is 2.11. The Labute approximate surface area is 135 Å². The maximum atomic E-state index is 11.8. The summed E-state index contributed by atoms with van der Waals surface area (Å²) in [6, 6.07) is 7.38. The number of aromatic nitrogens is 2. The van der Waals surface area contributed by atoms with Gasteiger partial charge in [0.25, 0.3) is 0 Å². The molecule has 1 aromatic carbocycles. The van der Waals surface area contributed by atoms with Gasteiger partial charge in [-0.05, 0) is 36.6 Å². The molecule has 0 saturated heterocycles. The molecular weight excluding hydrogens is 298 g/mol. The van der Waals surface area contributed by atoms with E-state index in [2.05, 4.69) is 21.8 Å². The predicted octanol–water partition coefficient (Wildman–Crippen LogP) is 3.31. The van der Waals surface area contributed by atoms with E-state index in [-0.39, 0.29) is 5.91 Å². The molecule has 1 atom stereocenters. The molecule has 2 rings (SSSR count). The van der Waals surface area contributed by atoms with Crippen molar-refractivity contribution in [2.24, 2.45) is 5.92 Å². The fourth-order valence-corrected chi connectivity index (χ4v) is 2.31. The lowest BCUT2D eigenvalue weighted by atomic mass is 10.1. The smallest absolute Gasteiger partial charge is 0.244 e. The lowest BCUT2D eigenvalue weighted by Gasteiger charge is -2.13. The Morgan fingerprint density at radius 2 is 2.32 bits per heavy atom. The number of rotatable bonds is 6. The van der Waals surface area contributed by atoms with Crippen molar-refractivity contribution in [1.29, 1.82) is 0 Å². The van der Waals surface area contributed by atoms with Gasteiger partial charge in [0.1, 0.15) is 5.82 Å². The maximum absolute atomic E-state index is 11.8. The first-order valence-corrected chi connectivity index (χ1v) is 7.61. The third-order valence-corrected chi connectivity index (χ3v) is 3.57. The minimum atomic E-state index is -0.103. The molecule has 0 bridgehead atoms. The molecule has 0 aliphatic carbocycles. The van der Waals surface area contributed by atoms with Crippen molar-refractivity contribution >= 4 is 23.6 Å². The van der Waals surface area contributed by atoms with Crippen LogP contribution in [-0.4, -0.2) is 22.0 Å². The average molecular weight is 318 g/mol. The standard InChI is InChI=1S/C17H20ClN3O/c1-13(12-21-9-8-19-14(21)2)11-20-17(22)7-6-15-4-3-5-16(18)10-15/h3-10,13H,11-12H2,1-2H3,(H,20,22)/b7-6+. The number of hydrogen-bond acceptors (Lipinski definition) is 2. The zero-order valence-corrected chi connectivity index (χ0v) is 13.5. The van der Waals surface area contributed by atoms with E-state index in [0.717, 1.165) is 17.9 Å². The average Bonchev–Trinajstić information content (AvgIpc) is 2.88. The summed E-state index contributed by atoms with van der Waals surface area (Å²) in [5.74, 6) is 1.21. The highest BCUT2D eigenvalue weighted by molar-refractivity contribution is 6.30. The minimum absolute atomic E-state index is 0.103. The molecule has 0 aliphatic heterocycles. The second kappa shape index (κ2) is 7.80. The van der Waals surface area contributed by atoms with Crippen LogP contribution < -0.4 is 5.32 Å². The van der Waals surface area contributed by atoms with Crippen LogP contribution in [-0.2, 0) is 11.3 Å². The van der Waals surface area contributed by atoms with E-state index in [1.54, 1.807) is 18.3 Å². The molecule has 0 radical (unpaired) electrons. The third-order valence-electron chi connectivity index (χ3n) is 3.33. The largest absolute Gasteiger partial charge is 0.352 e. The Bertz CT molecular complexity index is 663. The Morgan fingerprint density at radius 3 is 3.00 bits per heavy atom. The van der Waals surface area contributed by atoms with Crippen LogP contribution >= 0.6 is 11.6 Å². The van der Waals surface area contributed by atoms with E-state index >= 15 is 0 Å². The SMILES string of the molecule is Cc1nccn1CC(C)CNC(=O)/C=C/c1cccc(Cl)c1.